The molecule has 0 radical (unpaired) electrons. The topological polar surface area (TPSA) is 40.3 Å². The van der Waals surface area contributed by atoms with E-state index >= 15 is 0 Å². The molecular weight excluding hydrogens is 366 g/mol. The summed E-state index contributed by atoms with van der Waals surface area (Å²) in [7, 11) is 0. The molecule has 7 heteroatoms. The normalized spacial score (nSPS) is 15.1. The van der Waals surface area contributed by atoms with E-state index in [2.05, 4.69) is 11.5 Å². The summed E-state index contributed by atoms with van der Waals surface area (Å²) in [6.45, 7) is 4.49. The number of piperidine rings is 1. The summed E-state index contributed by atoms with van der Waals surface area (Å²) >= 11 is 5.37. The van der Waals surface area contributed by atoms with Crippen molar-refractivity contribution in [3.05, 3.63) is 8.86 Å². The van der Waals surface area contributed by atoms with Crippen LogP contribution in [0.1, 0.15) is 30.6 Å². The van der Waals surface area contributed by atoms with Gasteiger partial charge >= 0.3 is 9.95 Å². The van der Waals surface area contributed by atoms with Gasteiger partial charge in [0.05, 0.1) is 10.6 Å². The van der Waals surface area contributed by atoms with Crippen LogP contribution in [0.3, 0.4) is 0 Å². The van der Waals surface area contributed by atoms with Crippen LogP contribution >= 0.6 is 34.4 Å². The van der Waals surface area contributed by atoms with Crippen molar-refractivity contribution in [2.45, 2.75) is 36.8 Å². The second-order valence-electron chi connectivity index (χ2n) is 4.35. The van der Waals surface area contributed by atoms with Gasteiger partial charge in [-0.05, 0) is 13.3 Å². The van der Waals surface area contributed by atoms with Crippen molar-refractivity contribution < 1.29 is 26.9 Å². The minimum atomic E-state index is -0.711. The highest BCUT2D eigenvalue weighted by Gasteiger charge is 2.15. The maximum atomic E-state index is 10.5. The maximum Gasteiger partial charge on any atom is 0.315 e. The minimum Gasteiger partial charge on any atom is -1.00 e. The van der Waals surface area contributed by atoms with Gasteiger partial charge in [-0.1, -0.05) is 22.7 Å². The summed E-state index contributed by atoms with van der Waals surface area (Å²) in [4.78, 5) is 11.8. The van der Waals surface area contributed by atoms with Gasteiger partial charge in [-0.25, -0.2) is 4.58 Å². The molecule has 1 N–H and O–H groups in total. The second-order valence-corrected chi connectivity index (χ2v) is 8.18. The van der Waals surface area contributed by atoms with Crippen LogP contribution in [0.25, 0.3) is 0 Å². The van der Waals surface area contributed by atoms with Crippen LogP contribution in [-0.4, -0.2) is 29.9 Å². The standard InChI is InChI=1S/C12H17NO2S3.BrH/c1-9-11(16-8-5-10(14)15)18-12(17-9)13-6-3-2-4-7-13;/h2-8H2,1H3;1H. The van der Waals surface area contributed by atoms with Crippen LogP contribution in [0.2, 0.25) is 0 Å². The van der Waals surface area contributed by atoms with Gasteiger partial charge in [-0.15, -0.1) is 11.8 Å². The minimum absolute atomic E-state index is 0. The molecule has 3 nitrogen and oxygen atoms in total. The molecule has 0 amide bonds. The molecule has 1 saturated heterocycles. The second kappa shape index (κ2) is 8.44. The van der Waals surface area contributed by atoms with E-state index in [1.54, 1.807) is 11.8 Å². The highest BCUT2D eigenvalue weighted by Crippen LogP contribution is 2.28. The zero-order valence-electron chi connectivity index (χ0n) is 10.9. The Kier molecular flexibility index (Phi) is 7.64. The Hall–Kier alpha value is 0.150. The van der Waals surface area contributed by atoms with Crippen LogP contribution in [0, 0.1) is 6.92 Å². The largest absolute Gasteiger partial charge is 1.00 e. The van der Waals surface area contributed by atoms with Crippen LogP contribution in [-0.2, 0) is 4.79 Å². The van der Waals surface area contributed by atoms with Crippen LogP contribution in [0.15, 0.2) is 4.21 Å². The average Bonchev–Trinajstić information content (AvgIpc) is 2.72. The molecule has 1 aromatic heterocycles. The number of carboxylic acid groups (broad SMARTS) is 1. The first-order chi connectivity index (χ1) is 8.66. The highest BCUT2D eigenvalue weighted by atomic mass is 79.9. The van der Waals surface area contributed by atoms with E-state index < -0.39 is 5.97 Å². The molecule has 0 aliphatic carbocycles. The number of carboxylic acids is 1. The lowest BCUT2D eigenvalue weighted by atomic mass is 10.2. The predicted molar refractivity (Wildman–Crippen MR) is 78.8 cm³/mol. The molecule has 0 atom stereocenters. The van der Waals surface area contributed by atoms with Crippen LogP contribution in [0.5, 0.6) is 0 Å². The molecule has 0 aromatic carbocycles. The Morgan fingerprint density at radius 2 is 2.00 bits per heavy atom. The van der Waals surface area contributed by atoms with E-state index in [9.17, 15) is 4.79 Å². The molecule has 2 heterocycles. The third kappa shape index (κ3) is 5.21. The lowest BCUT2D eigenvalue weighted by molar-refractivity contribution is -0.136. The van der Waals surface area contributed by atoms with Gasteiger partial charge in [0.1, 0.15) is 13.1 Å². The molecule has 0 unspecified atom stereocenters. The molecule has 0 bridgehead atoms. The van der Waals surface area contributed by atoms with Crippen molar-refractivity contribution in [2.75, 3.05) is 18.8 Å². The fourth-order valence-electron chi connectivity index (χ4n) is 1.91. The lowest BCUT2D eigenvalue weighted by Crippen LogP contribution is -3.00. The van der Waals surface area contributed by atoms with Gasteiger partial charge in [0, 0.05) is 23.5 Å². The molecule has 0 spiro atoms. The van der Waals surface area contributed by atoms with Crippen molar-refractivity contribution in [3.8, 4) is 0 Å². The molecule has 1 aliphatic heterocycles. The number of hydrogen-bond donors (Lipinski definition) is 1. The number of carbonyl (C=O) groups is 1. The monoisotopic (exact) mass is 383 g/mol. The zero-order valence-corrected chi connectivity index (χ0v) is 14.9. The summed E-state index contributed by atoms with van der Waals surface area (Å²) in [5, 5.41) is 8.65. The fourth-order valence-corrected chi connectivity index (χ4v) is 6.07. The van der Waals surface area contributed by atoms with Gasteiger partial charge < -0.3 is 22.1 Å². The third-order valence-electron chi connectivity index (χ3n) is 2.87. The Morgan fingerprint density at radius 1 is 1.32 bits per heavy atom. The Morgan fingerprint density at radius 3 is 2.63 bits per heavy atom. The number of rotatable bonds is 4. The smallest absolute Gasteiger partial charge is 0.315 e. The number of aryl methyl sites for hydroxylation is 1. The van der Waals surface area contributed by atoms with Crippen LogP contribution in [0.4, 0.5) is 0 Å². The van der Waals surface area contributed by atoms with E-state index in [-0.39, 0.29) is 23.4 Å². The van der Waals surface area contributed by atoms with Gasteiger partial charge in [-0.2, -0.15) is 0 Å². The highest BCUT2D eigenvalue weighted by molar-refractivity contribution is 8.01. The molecule has 1 aliphatic rings. The van der Waals surface area contributed by atoms with Gasteiger partial charge in [0.25, 0.3) is 0 Å². The quantitative estimate of drug-likeness (QED) is 0.570. The summed E-state index contributed by atoms with van der Waals surface area (Å²) in [5.74, 6) is -0.0420. The number of thioether (sulfide) groups is 1. The van der Waals surface area contributed by atoms with Gasteiger partial charge in [-0.3, -0.25) is 4.79 Å². The number of aliphatic carboxylic acids is 1. The molecule has 1 aromatic rings. The first-order valence-corrected chi connectivity index (χ1v) is 8.82. The lowest BCUT2D eigenvalue weighted by Gasteiger charge is -2.07. The van der Waals surface area contributed by atoms with E-state index in [0.717, 1.165) is 0 Å². The van der Waals surface area contributed by atoms with E-state index in [4.69, 9.17) is 5.11 Å². The summed E-state index contributed by atoms with van der Waals surface area (Å²) in [6, 6.07) is 0. The van der Waals surface area contributed by atoms with E-state index in [0.29, 0.717) is 5.75 Å². The zero-order chi connectivity index (χ0) is 13.0. The first-order valence-electron chi connectivity index (χ1n) is 6.20. The summed E-state index contributed by atoms with van der Waals surface area (Å²) in [6.07, 6.45) is 4.19. The van der Waals surface area contributed by atoms with Crippen molar-refractivity contribution in [1.82, 2.24) is 4.58 Å². The van der Waals surface area contributed by atoms with Crippen molar-refractivity contribution in [3.63, 3.8) is 0 Å². The van der Waals surface area contributed by atoms with Crippen molar-refractivity contribution in [1.29, 1.82) is 0 Å². The van der Waals surface area contributed by atoms with E-state index in [1.165, 1.54) is 45.4 Å². The molecule has 2 rings (SSSR count). The van der Waals surface area contributed by atoms with Crippen LogP contribution < -0.4 is 25.5 Å². The summed E-state index contributed by atoms with van der Waals surface area (Å²) < 4.78 is 5.17. The average molecular weight is 384 g/mol. The van der Waals surface area contributed by atoms with Crippen molar-refractivity contribution in [2.24, 2.45) is 0 Å². The summed E-state index contributed by atoms with van der Waals surface area (Å²) in [5.41, 5.74) is 0. The molecular formula is C12H18BrNO2S3. The SMILES string of the molecule is Cc1sc(=[N+]2CCCCC2)sc1SCCC(=O)O.[Br-]. The number of halogens is 1. The fraction of sp³-hybridized carbons (Fsp3) is 0.667. The Bertz CT molecular complexity index is 487. The molecule has 19 heavy (non-hydrogen) atoms. The van der Waals surface area contributed by atoms with Gasteiger partial charge in [0.15, 0.2) is 0 Å². The third-order valence-corrected chi connectivity index (χ3v) is 7.08. The number of nitrogens with zero attached hydrogens (tertiary/aromatic N) is 1. The Labute approximate surface area is 136 Å². The van der Waals surface area contributed by atoms with E-state index in [1.807, 2.05) is 22.7 Å². The number of hydrogen-bond acceptors (Lipinski definition) is 4. The molecule has 108 valence electrons. The van der Waals surface area contributed by atoms with Gasteiger partial charge in [0.2, 0.25) is 0 Å². The van der Waals surface area contributed by atoms with Crippen molar-refractivity contribution >= 4 is 40.4 Å². The molecule has 1 fully saturated rings. The maximum absolute atomic E-state index is 10.5. The first kappa shape index (κ1) is 17.2. The molecule has 0 saturated carbocycles. The Balaban J connectivity index is 0.00000180. The predicted octanol–water partition coefficient (Wildman–Crippen LogP) is -0.355.